The highest BCUT2D eigenvalue weighted by Crippen LogP contribution is 2.33. The molecule has 0 aromatic heterocycles. The topological polar surface area (TPSA) is 17.1 Å². The highest BCUT2D eigenvalue weighted by molar-refractivity contribution is 7.99. The predicted octanol–water partition coefficient (Wildman–Crippen LogP) is 3.13. The first-order chi connectivity index (χ1) is 6.15. The number of rotatable bonds is 4. The average Bonchev–Trinajstić information content (AvgIpc) is 2.44. The van der Waals surface area contributed by atoms with Gasteiger partial charge in [-0.25, -0.2) is 0 Å². The molecule has 3 atom stereocenters. The van der Waals surface area contributed by atoms with Crippen LogP contribution in [0.1, 0.15) is 40.0 Å². The van der Waals surface area contributed by atoms with Gasteiger partial charge in [0.2, 0.25) is 0 Å². The van der Waals surface area contributed by atoms with Gasteiger partial charge in [-0.3, -0.25) is 4.79 Å². The van der Waals surface area contributed by atoms with Crippen LogP contribution in [0.2, 0.25) is 0 Å². The summed E-state index contributed by atoms with van der Waals surface area (Å²) in [7, 11) is 0. The van der Waals surface area contributed by atoms with Crippen molar-refractivity contribution in [2.75, 3.05) is 5.75 Å². The zero-order valence-corrected chi connectivity index (χ0v) is 9.69. The fourth-order valence-electron chi connectivity index (χ4n) is 1.60. The Morgan fingerprint density at radius 2 is 2.31 bits per heavy atom. The van der Waals surface area contributed by atoms with E-state index < -0.39 is 0 Å². The fraction of sp³-hybridized carbons (Fsp3) is 0.909. The SMILES string of the molecule is CCC(C)CSC1CCC(=O)C1C. The van der Waals surface area contributed by atoms with Crippen LogP contribution in [-0.4, -0.2) is 16.8 Å². The third kappa shape index (κ3) is 3.01. The minimum Gasteiger partial charge on any atom is -0.299 e. The van der Waals surface area contributed by atoms with E-state index in [0.29, 0.717) is 17.0 Å². The third-order valence-corrected chi connectivity index (χ3v) is 4.87. The molecule has 1 aliphatic rings. The van der Waals surface area contributed by atoms with Crippen molar-refractivity contribution < 1.29 is 4.79 Å². The standard InChI is InChI=1S/C11H20OS/c1-4-8(2)7-13-11-6-5-10(12)9(11)3/h8-9,11H,4-7H2,1-3H3. The van der Waals surface area contributed by atoms with Gasteiger partial charge >= 0.3 is 0 Å². The molecule has 13 heavy (non-hydrogen) atoms. The largest absolute Gasteiger partial charge is 0.299 e. The maximum Gasteiger partial charge on any atom is 0.136 e. The molecule has 0 bridgehead atoms. The van der Waals surface area contributed by atoms with Gasteiger partial charge in [0.05, 0.1) is 0 Å². The normalized spacial score (nSPS) is 30.8. The van der Waals surface area contributed by atoms with Gasteiger partial charge < -0.3 is 0 Å². The highest BCUT2D eigenvalue weighted by atomic mass is 32.2. The van der Waals surface area contributed by atoms with Gasteiger partial charge in [0.25, 0.3) is 0 Å². The second kappa shape index (κ2) is 5.04. The molecule has 0 amide bonds. The molecular formula is C11H20OS. The van der Waals surface area contributed by atoms with Crippen LogP contribution in [0.4, 0.5) is 0 Å². The quantitative estimate of drug-likeness (QED) is 0.693. The van der Waals surface area contributed by atoms with E-state index in [4.69, 9.17) is 0 Å². The van der Waals surface area contributed by atoms with Crippen LogP contribution >= 0.6 is 11.8 Å². The van der Waals surface area contributed by atoms with Crippen LogP contribution < -0.4 is 0 Å². The van der Waals surface area contributed by atoms with Gasteiger partial charge in [0.15, 0.2) is 0 Å². The van der Waals surface area contributed by atoms with E-state index in [0.717, 1.165) is 18.8 Å². The number of carbonyl (C=O) groups is 1. The number of hydrogen-bond acceptors (Lipinski definition) is 2. The Balaban J connectivity index is 2.26. The first kappa shape index (κ1) is 11.1. The van der Waals surface area contributed by atoms with Crippen molar-refractivity contribution in [3.63, 3.8) is 0 Å². The van der Waals surface area contributed by atoms with Crippen molar-refractivity contribution in [1.29, 1.82) is 0 Å². The van der Waals surface area contributed by atoms with Crippen LogP contribution in [0.3, 0.4) is 0 Å². The smallest absolute Gasteiger partial charge is 0.136 e. The third-order valence-electron chi connectivity index (χ3n) is 3.03. The molecule has 1 rings (SSSR count). The number of Topliss-reactive ketones (excluding diaryl/α,β-unsaturated/α-hetero) is 1. The van der Waals surface area contributed by atoms with Crippen molar-refractivity contribution in [1.82, 2.24) is 0 Å². The van der Waals surface area contributed by atoms with Crippen LogP contribution in [-0.2, 0) is 4.79 Å². The molecule has 0 aromatic rings. The van der Waals surface area contributed by atoms with Gasteiger partial charge in [-0.15, -0.1) is 0 Å². The zero-order valence-electron chi connectivity index (χ0n) is 8.88. The number of thioether (sulfide) groups is 1. The second-order valence-electron chi connectivity index (χ2n) is 4.18. The summed E-state index contributed by atoms with van der Waals surface area (Å²) in [5.74, 6) is 2.81. The molecule has 0 heterocycles. The Morgan fingerprint density at radius 3 is 2.77 bits per heavy atom. The summed E-state index contributed by atoms with van der Waals surface area (Å²) >= 11 is 2.01. The highest BCUT2D eigenvalue weighted by Gasteiger charge is 2.30. The summed E-state index contributed by atoms with van der Waals surface area (Å²) < 4.78 is 0. The summed E-state index contributed by atoms with van der Waals surface area (Å²) in [6.45, 7) is 6.60. The molecule has 0 N–H and O–H groups in total. The lowest BCUT2D eigenvalue weighted by molar-refractivity contribution is -0.120. The summed E-state index contributed by atoms with van der Waals surface area (Å²) in [5.41, 5.74) is 0. The van der Waals surface area contributed by atoms with Crippen LogP contribution in [0.15, 0.2) is 0 Å². The summed E-state index contributed by atoms with van der Waals surface area (Å²) in [5, 5.41) is 0.612. The number of carbonyl (C=O) groups excluding carboxylic acids is 1. The molecule has 2 heteroatoms. The first-order valence-electron chi connectivity index (χ1n) is 5.29. The monoisotopic (exact) mass is 200 g/mol. The Morgan fingerprint density at radius 1 is 1.62 bits per heavy atom. The Labute approximate surface area is 85.7 Å². The maximum absolute atomic E-state index is 11.3. The Kier molecular flexibility index (Phi) is 4.30. The van der Waals surface area contributed by atoms with E-state index in [1.807, 2.05) is 11.8 Å². The molecule has 1 saturated carbocycles. The molecular weight excluding hydrogens is 180 g/mol. The van der Waals surface area contributed by atoms with Crippen molar-refractivity contribution >= 4 is 17.5 Å². The van der Waals surface area contributed by atoms with Crippen molar-refractivity contribution in [2.45, 2.75) is 45.3 Å². The average molecular weight is 200 g/mol. The van der Waals surface area contributed by atoms with Gasteiger partial charge in [0.1, 0.15) is 5.78 Å². The van der Waals surface area contributed by atoms with Crippen LogP contribution in [0.25, 0.3) is 0 Å². The van der Waals surface area contributed by atoms with E-state index in [2.05, 4.69) is 20.8 Å². The number of hydrogen-bond donors (Lipinski definition) is 0. The number of ketones is 1. The van der Waals surface area contributed by atoms with E-state index in [-0.39, 0.29) is 0 Å². The minimum absolute atomic E-state index is 0.314. The molecule has 0 aromatic carbocycles. The molecule has 0 aliphatic heterocycles. The minimum atomic E-state index is 0.314. The molecule has 76 valence electrons. The molecule has 1 aliphatic carbocycles. The van der Waals surface area contributed by atoms with E-state index in [1.54, 1.807) is 0 Å². The lowest BCUT2D eigenvalue weighted by atomic mass is 10.1. The lowest BCUT2D eigenvalue weighted by Crippen LogP contribution is -2.14. The Bertz CT molecular complexity index is 179. The van der Waals surface area contributed by atoms with E-state index >= 15 is 0 Å². The van der Waals surface area contributed by atoms with Gasteiger partial charge in [0, 0.05) is 17.6 Å². The molecule has 0 saturated heterocycles. The summed E-state index contributed by atoms with van der Waals surface area (Å²) in [6, 6.07) is 0. The van der Waals surface area contributed by atoms with Gasteiger partial charge in [-0.1, -0.05) is 27.2 Å². The van der Waals surface area contributed by atoms with Gasteiger partial charge in [-0.05, 0) is 18.1 Å². The molecule has 0 spiro atoms. The first-order valence-corrected chi connectivity index (χ1v) is 6.34. The van der Waals surface area contributed by atoms with Crippen LogP contribution in [0, 0.1) is 11.8 Å². The second-order valence-corrected chi connectivity index (χ2v) is 5.45. The summed E-state index contributed by atoms with van der Waals surface area (Å²) in [4.78, 5) is 11.3. The molecule has 1 fully saturated rings. The van der Waals surface area contributed by atoms with E-state index in [1.165, 1.54) is 12.2 Å². The van der Waals surface area contributed by atoms with Crippen LogP contribution in [0.5, 0.6) is 0 Å². The fourth-order valence-corrected chi connectivity index (χ4v) is 3.14. The van der Waals surface area contributed by atoms with Crippen molar-refractivity contribution in [2.24, 2.45) is 11.8 Å². The van der Waals surface area contributed by atoms with Crippen molar-refractivity contribution in [3.05, 3.63) is 0 Å². The molecule has 0 radical (unpaired) electrons. The van der Waals surface area contributed by atoms with Gasteiger partial charge in [-0.2, -0.15) is 11.8 Å². The lowest BCUT2D eigenvalue weighted by Gasteiger charge is -2.15. The van der Waals surface area contributed by atoms with Crippen molar-refractivity contribution in [3.8, 4) is 0 Å². The van der Waals surface area contributed by atoms with E-state index in [9.17, 15) is 4.79 Å². The molecule has 1 nitrogen and oxygen atoms in total. The maximum atomic E-state index is 11.3. The molecule has 3 unspecified atom stereocenters. The Hall–Kier alpha value is 0.0200. The zero-order chi connectivity index (χ0) is 9.84. The summed E-state index contributed by atoms with van der Waals surface area (Å²) in [6.07, 6.45) is 3.18. The predicted molar refractivity (Wildman–Crippen MR) is 59.1 cm³/mol.